The maximum Gasteiger partial charge on any atom is 0.191 e. The van der Waals surface area contributed by atoms with Gasteiger partial charge < -0.3 is 20.5 Å². The zero-order valence-electron chi connectivity index (χ0n) is 14.1. The highest BCUT2D eigenvalue weighted by molar-refractivity contribution is 14.0. The average molecular weight is 477 g/mol. The van der Waals surface area contributed by atoms with Crippen molar-refractivity contribution in [2.45, 2.75) is 13.0 Å². The Kier molecular flexibility index (Phi) is 9.36. The number of pyridine rings is 1. The molecular formula is C17H22ClIN4O2. The molecule has 1 heterocycles. The molecule has 8 heteroatoms. The minimum Gasteiger partial charge on any atom is -0.508 e. The van der Waals surface area contributed by atoms with Crippen molar-refractivity contribution in [2.24, 2.45) is 4.99 Å². The van der Waals surface area contributed by atoms with Gasteiger partial charge in [-0.25, -0.2) is 4.98 Å². The average Bonchev–Trinajstić information content (AvgIpc) is 2.60. The number of hydrogen-bond donors (Lipinski definition) is 3. The van der Waals surface area contributed by atoms with Crippen LogP contribution in [0.1, 0.15) is 11.1 Å². The smallest absolute Gasteiger partial charge is 0.191 e. The number of benzene rings is 1. The first kappa shape index (κ1) is 21.3. The summed E-state index contributed by atoms with van der Waals surface area (Å²) in [6, 6.07) is 8.83. The van der Waals surface area contributed by atoms with Crippen LogP contribution in [0.15, 0.2) is 41.5 Å². The quantitative estimate of drug-likeness (QED) is 0.259. The second-order valence-corrected chi connectivity index (χ2v) is 5.47. The van der Waals surface area contributed by atoms with E-state index >= 15 is 0 Å². The molecule has 2 rings (SSSR count). The summed E-state index contributed by atoms with van der Waals surface area (Å²) in [5.41, 5.74) is 1.83. The van der Waals surface area contributed by atoms with E-state index in [9.17, 15) is 5.11 Å². The Morgan fingerprint density at radius 2 is 2.08 bits per heavy atom. The van der Waals surface area contributed by atoms with Crippen molar-refractivity contribution in [2.75, 3.05) is 20.7 Å². The first-order chi connectivity index (χ1) is 11.6. The molecule has 0 saturated carbocycles. The normalized spacial score (nSPS) is 10.8. The number of halogens is 2. The van der Waals surface area contributed by atoms with E-state index in [1.807, 2.05) is 6.07 Å². The first-order valence-corrected chi connectivity index (χ1v) is 7.91. The van der Waals surface area contributed by atoms with E-state index in [1.165, 1.54) is 0 Å². The SMILES string of the molecule is CN=C(NCCc1ccc(Cl)nc1)NCc1cc(OC)ccc1O.I. The van der Waals surface area contributed by atoms with Gasteiger partial charge in [0, 0.05) is 31.9 Å². The summed E-state index contributed by atoms with van der Waals surface area (Å²) in [4.78, 5) is 8.22. The Labute approximate surface area is 169 Å². The number of rotatable bonds is 6. The molecule has 1 aromatic carbocycles. The van der Waals surface area contributed by atoms with Crippen LogP contribution < -0.4 is 15.4 Å². The molecule has 0 atom stereocenters. The van der Waals surface area contributed by atoms with E-state index in [0.717, 1.165) is 17.5 Å². The van der Waals surface area contributed by atoms with Crippen LogP contribution in [0.2, 0.25) is 5.15 Å². The van der Waals surface area contributed by atoms with Crippen molar-refractivity contribution in [3.05, 3.63) is 52.8 Å². The van der Waals surface area contributed by atoms with E-state index < -0.39 is 0 Å². The minimum absolute atomic E-state index is 0. The van der Waals surface area contributed by atoms with E-state index in [2.05, 4.69) is 20.6 Å². The van der Waals surface area contributed by atoms with Crippen LogP contribution in [0.3, 0.4) is 0 Å². The highest BCUT2D eigenvalue weighted by atomic mass is 127. The predicted molar refractivity (Wildman–Crippen MR) is 111 cm³/mol. The zero-order valence-corrected chi connectivity index (χ0v) is 17.2. The fourth-order valence-corrected chi connectivity index (χ4v) is 2.22. The van der Waals surface area contributed by atoms with Gasteiger partial charge in [0.25, 0.3) is 0 Å². The number of aliphatic imine (C=N–C) groups is 1. The molecule has 0 aliphatic heterocycles. The van der Waals surface area contributed by atoms with E-state index in [-0.39, 0.29) is 29.7 Å². The number of phenols is 1. The van der Waals surface area contributed by atoms with Crippen molar-refractivity contribution in [3.8, 4) is 11.5 Å². The molecule has 6 nitrogen and oxygen atoms in total. The molecule has 1 aromatic heterocycles. The topological polar surface area (TPSA) is 78.8 Å². The third-order valence-corrected chi connectivity index (χ3v) is 3.67. The van der Waals surface area contributed by atoms with Gasteiger partial charge in [-0.3, -0.25) is 4.99 Å². The molecule has 2 aromatic rings. The number of ether oxygens (including phenoxy) is 1. The number of methoxy groups -OCH3 is 1. The van der Waals surface area contributed by atoms with Crippen LogP contribution in [0.25, 0.3) is 0 Å². The maximum absolute atomic E-state index is 9.89. The molecule has 25 heavy (non-hydrogen) atoms. The molecule has 3 N–H and O–H groups in total. The van der Waals surface area contributed by atoms with Crippen molar-refractivity contribution >= 4 is 41.5 Å². The number of phenolic OH excluding ortho intramolecular Hbond substituents is 1. The number of aromatic nitrogens is 1. The van der Waals surface area contributed by atoms with Crippen molar-refractivity contribution in [3.63, 3.8) is 0 Å². The maximum atomic E-state index is 9.89. The van der Waals surface area contributed by atoms with Crippen LogP contribution in [0.5, 0.6) is 11.5 Å². The molecule has 0 amide bonds. The van der Waals surface area contributed by atoms with Gasteiger partial charge in [-0.05, 0) is 36.2 Å². The lowest BCUT2D eigenvalue weighted by atomic mass is 10.2. The van der Waals surface area contributed by atoms with Crippen molar-refractivity contribution in [1.82, 2.24) is 15.6 Å². The summed E-state index contributed by atoms with van der Waals surface area (Å²) in [6.45, 7) is 1.14. The second kappa shape index (κ2) is 11.0. The summed E-state index contributed by atoms with van der Waals surface area (Å²) in [5, 5.41) is 16.8. The van der Waals surface area contributed by atoms with Crippen molar-refractivity contribution < 1.29 is 9.84 Å². The molecular weight excluding hydrogens is 455 g/mol. The minimum atomic E-state index is 0. The largest absolute Gasteiger partial charge is 0.508 e. The third-order valence-electron chi connectivity index (χ3n) is 3.45. The predicted octanol–water partition coefficient (Wildman–Crippen LogP) is 2.97. The van der Waals surface area contributed by atoms with Crippen LogP contribution in [-0.4, -0.2) is 36.8 Å². The second-order valence-electron chi connectivity index (χ2n) is 5.09. The van der Waals surface area contributed by atoms with E-state index in [0.29, 0.717) is 30.0 Å². The van der Waals surface area contributed by atoms with Gasteiger partial charge in [-0.2, -0.15) is 0 Å². The zero-order chi connectivity index (χ0) is 17.4. The van der Waals surface area contributed by atoms with E-state index in [4.69, 9.17) is 16.3 Å². The summed E-state index contributed by atoms with van der Waals surface area (Å²) >= 11 is 5.77. The molecule has 0 fully saturated rings. The molecule has 0 saturated heterocycles. The fraction of sp³-hybridized carbons (Fsp3) is 0.294. The summed E-state index contributed by atoms with van der Waals surface area (Å²) in [6.07, 6.45) is 2.56. The standard InChI is InChI=1S/C17H21ClN4O2.HI/c1-19-17(20-8-7-12-3-6-16(18)21-10-12)22-11-13-9-14(24-2)4-5-15(13)23;/h3-6,9-10,23H,7-8,11H2,1-2H3,(H2,19,20,22);1H. The first-order valence-electron chi connectivity index (χ1n) is 7.53. The fourth-order valence-electron chi connectivity index (χ4n) is 2.11. The Bertz CT molecular complexity index is 696. The number of nitrogens with one attached hydrogen (secondary N) is 2. The Hall–Kier alpha value is -1.74. The summed E-state index contributed by atoms with van der Waals surface area (Å²) in [5.74, 6) is 1.56. The van der Waals surface area contributed by atoms with Gasteiger partial charge in [-0.15, -0.1) is 24.0 Å². The highest BCUT2D eigenvalue weighted by Crippen LogP contribution is 2.22. The summed E-state index contributed by atoms with van der Waals surface area (Å²) in [7, 11) is 3.29. The van der Waals surface area contributed by atoms with Gasteiger partial charge in [0.1, 0.15) is 16.7 Å². The van der Waals surface area contributed by atoms with Gasteiger partial charge >= 0.3 is 0 Å². The third kappa shape index (κ3) is 6.95. The Morgan fingerprint density at radius 3 is 2.72 bits per heavy atom. The number of nitrogens with zero attached hydrogens (tertiary/aromatic N) is 2. The van der Waals surface area contributed by atoms with Gasteiger partial charge in [0.2, 0.25) is 0 Å². The lowest BCUT2D eigenvalue weighted by Gasteiger charge is -2.13. The number of guanidine groups is 1. The number of hydrogen-bond acceptors (Lipinski definition) is 4. The highest BCUT2D eigenvalue weighted by Gasteiger charge is 2.05. The molecule has 0 spiro atoms. The molecule has 0 unspecified atom stereocenters. The van der Waals surface area contributed by atoms with Gasteiger partial charge in [0.05, 0.1) is 7.11 Å². The molecule has 136 valence electrons. The monoisotopic (exact) mass is 476 g/mol. The Morgan fingerprint density at radius 1 is 1.28 bits per heavy atom. The Balaban J connectivity index is 0.00000312. The van der Waals surface area contributed by atoms with Crippen LogP contribution >= 0.6 is 35.6 Å². The molecule has 0 aliphatic carbocycles. The molecule has 0 aliphatic rings. The van der Waals surface area contributed by atoms with Crippen LogP contribution in [-0.2, 0) is 13.0 Å². The van der Waals surface area contributed by atoms with Gasteiger partial charge in [0.15, 0.2) is 5.96 Å². The van der Waals surface area contributed by atoms with Crippen LogP contribution in [0, 0.1) is 0 Å². The van der Waals surface area contributed by atoms with Crippen LogP contribution in [0.4, 0.5) is 0 Å². The van der Waals surface area contributed by atoms with E-state index in [1.54, 1.807) is 44.6 Å². The van der Waals surface area contributed by atoms with Gasteiger partial charge in [-0.1, -0.05) is 17.7 Å². The summed E-state index contributed by atoms with van der Waals surface area (Å²) < 4.78 is 5.17. The number of aromatic hydroxyl groups is 1. The molecule has 0 bridgehead atoms. The lowest BCUT2D eigenvalue weighted by molar-refractivity contribution is 0.410. The molecule has 0 radical (unpaired) electrons. The van der Waals surface area contributed by atoms with Crippen molar-refractivity contribution in [1.29, 1.82) is 0 Å². The lowest BCUT2D eigenvalue weighted by Crippen LogP contribution is -2.37.